The minimum absolute atomic E-state index is 0.104. The molecule has 26 heavy (non-hydrogen) atoms. The summed E-state index contributed by atoms with van der Waals surface area (Å²) in [5.41, 5.74) is 6.44. The van der Waals surface area contributed by atoms with Crippen LogP contribution in [0.4, 0.5) is 13.8 Å². The number of ether oxygens (including phenoxy) is 1. The highest BCUT2D eigenvalue weighted by Gasteiger charge is 2.13. The molecule has 0 saturated carbocycles. The van der Waals surface area contributed by atoms with Gasteiger partial charge in [0.25, 0.3) is 5.91 Å². The molecule has 0 spiro atoms. The van der Waals surface area contributed by atoms with E-state index in [1.165, 1.54) is 23.5 Å². The number of rotatable bonds is 9. The second-order valence-electron chi connectivity index (χ2n) is 5.59. The highest BCUT2D eigenvalue weighted by atomic mass is 32.1. The molecule has 0 aliphatic rings. The molecule has 3 N–H and O–H groups in total. The summed E-state index contributed by atoms with van der Waals surface area (Å²) in [5, 5.41) is 4.81. The zero-order chi connectivity index (χ0) is 19.1. The van der Waals surface area contributed by atoms with Crippen LogP contribution in [0.2, 0.25) is 0 Å². The third-order valence-electron chi connectivity index (χ3n) is 3.51. The molecule has 0 saturated heterocycles. The number of hydrogen-bond donors (Lipinski definition) is 2. The lowest BCUT2D eigenvalue weighted by Crippen LogP contribution is -2.24. The number of halogens is 2. The third-order valence-corrected chi connectivity index (χ3v) is 4.34. The molecular formula is C17H19F2N3O3S. The molecule has 0 atom stereocenters. The lowest BCUT2D eigenvalue weighted by Gasteiger charge is -2.16. The molecule has 2 amide bonds. The molecule has 9 heteroatoms. The maximum absolute atomic E-state index is 12.1. The van der Waals surface area contributed by atoms with E-state index < -0.39 is 12.5 Å². The average Bonchev–Trinajstić information content (AvgIpc) is 3.02. The highest BCUT2D eigenvalue weighted by Crippen LogP contribution is 2.22. The summed E-state index contributed by atoms with van der Waals surface area (Å²) >= 11 is 1.24. The van der Waals surface area contributed by atoms with Crippen molar-refractivity contribution in [2.24, 2.45) is 5.73 Å². The van der Waals surface area contributed by atoms with Crippen molar-refractivity contribution in [1.82, 2.24) is 4.90 Å². The van der Waals surface area contributed by atoms with E-state index in [2.05, 4.69) is 10.1 Å². The van der Waals surface area contributed by atoms with Gasteiger partial charge in [0, 0.05) is 19.5 Å². The van der Waals surface area contributed by atoms with E-state index in [0.717, 1.165) is 5.56 Å². The zero-order valence-corrected chi connectivity index (χ0v) is 14.9. The second-order valence-corrected chi connectivity index (χ2v) is 6.50. The highest BCUT2D eigenvalue weighted by molar-refractivity contribution is 7.14. The van der Waals surface area contributed by atoms with Gasteiger partial charge >= 0.3 is 6.61 Å². The van der Waals surface area contributed by atoms with Crippen LogP contribution in [0.3, 0.4) is 0 Å². The molecular weight excluding hydrogens is 364 g/mol. The van der Waals surface area contributed by atoms with E-state index in [9.17, 15) is 18.4 Å². The van der Waals surface area contributed by atoms with Gasteiger partial charge in [-0.25, -0.2) is 0 Å². The summed E-state index contributed by atoms with van der Waals surface area (Å²) in [6, 6.07) is 7.91. The van der Waals surface area contributed by atoms with Crippen LogP contribution in [-0.2, 0) is 11.3 Å². The van der Waals surface area contributed by atoms with Gasteiger partial charge < -0.3 is 20.7 Å². The number of amides is 2. The van der Waals surface area contributed by atoms with Crippen LogP contribution in [0.1, 0.15) is 22.3 Å². The number of thiophene rings is 1. The Labute approximate surface area is 153 Å². The SMILES string of the molecule is CN(CCC(=O)Nc1sccc1C(N)=O)Cc1ccc(OC(F)F)cc1. The molecule has 0 fully saturated rings. The molecule has 6 nitrogen and oxygen atoms in total. The number of anilines is 1. The normalized spacial score (nSPS) is 11.0. The molecule has 1 aromatic carbocycles. The van der Waals surface area contributed by atoms with Gasteiger partial charge in [0.15, 0.2) is 0 Å². The Balaban J connectivity index is 1.79. The van der Waals surface area contributed by atoms with Gasteiger partial charge in [-0.3, -0.25) is 9.59 Å². The molecule has 0 aliphatic carbocycles. The number of carbonyl (C=O) groups excluding carboxylic acids is 2. The Kier molecular flexibility index (Phi) is 7.05. The van der Waals surface area contributed by atoms with Crippen molar-refractivity contribution in [3.63, 3.8) is 0 Å². The second kappa shape index (κ2) is 9.25. The van der Waals surface area contributed by atoms with Crippen LogP contribution >= 0.6 is 11.3 Å². The fourth-order valence-corrected chi connectivity index (χ4v) is 3.06. The fourth-order valence-electron chi connectivity index (χ4n) is 2.25. The van der Waals surface area contributed by atoms with Crippen molar-refractivity contribution >= 4 is 28.2 Å². The summed E-state index contributed by atoms with van der Waals surface area (Å²) in [5.74, 6) is -0.701. The first kappa shape index (κ1) is 19.8. The molecule has 0 radical (unpaired) electrons. The van der Waals surface area contributed by atoms with Crippen LogP contribution in [0.15, 0.2) is 35.7 Å². The summed E-state index contributed by atoms with van der Waals surface area (Å²) in [6.45, 7) is -1.81. The standard InChI is InChI=1S/C17H19F2N3O3S/c1-22(10-11-2-4-12(5-3-11)25-17(18)19)8-6-14(23)21-16-13(15(20)24)7-9-26-16/h2-5,7,9,17H,6,8,10H2,1H3,(H2,20,24)(H,21,23). The molecule has 1 aromatic heterocycles. The van der Waals surface area contributed by atoms with Gasteiger partial charge in [-0.2, -0.15) is 8.78 Å². The largest absolute Gasteiger partial charge is 0.435 e. The Bertz CT molecular complexity index is 750. The van der Waals surface area contributed by atoms with Crippen molar-refractivity contribution in [1.29, 1.82) is 0 Å². The van der Waals surface area contributed by atoms with Gasteiger partial charge in [-0.1, -0.05) is 12.1 Å². The Hall–Kier alpha value is -2.52. The first-order valence-corrected chi connectivity index (χ1v) is 8.62. The maximum Gasteiger partial charge on any atom is 0.387 e. The first-order valence-electron chi connectivity index (χ1n) is 7.74. The number of nitrogens with two attached hydrogens (primary N) is 1. The lowest BCUT2D eigenvalue weighted by atomic mass is 10.2. The minimum atomic E-state index is -2.85. The Morgan fingerprint density at radius 3 is 2.58 bits per heavy atom. The topological polar surface area (TPSA) is 84.7 Å². The summed E-state index contributed by atoms with van der Waals surface area (Å²) < 4.78 is 28.5. The number of primary amides is 1. The van der Waals surface area contributed by atoms with Crippen LogP contribution in [0.25, 0.3) is 0 Å². The molecule has 1 heterocycles. The van der Waals surface area contributed by atoms with Gasteiger partial charge in [-0.15, -0.1) is 11.3 Å². The van der Waals surface area contributed by atoms with E-state index in [0.29, 0.717) is 23.7 Å². The number of nitrogens with zero attached hydrogens (tertiary/aromatic N) is 1. The summed E-state index contributed by atoms with van der Waals surface area (Å²) in [6.07, 6.45) is 0.235. The fraction of sp³-hybridized carbons (Fsp3) is 0.294. The molecule has 0 aliphatic heterocycles. The minimum Gasteiger partial charge on any atom is -0.435 e. The van der Waals surface area contributed by atoms with Gasteiger partial charge in [0.1, 0.15) is 10.8 Å². The predicted octanol–water partition coefficient (Wildman–Crippen LogP) is 2.91. The van der Waals surface area contributed by atoms with Gasteiger partial charge in [0.05, 0.1) is 5.56 Å². The third kappa shape index (κ3) is 6.08. The van der Waals surface area contributed by atoms with Crippen molar-refractivity contribution in [2.45, 2.75) is 19.6 Å². The van der Waals surface area contributed by atoms with Crippen molar-refractivity contribution < 1.29 is 23.1 Å². The van der Waals surface area contributed by atoms with Crippen LogP contribution in [-0.4, -0.2) is 36.9 Å². The molecule has 2 aromatic rings. The summed E-state index contributed by atoms with van der Waals surface area (Å²) in [4.78, 5) is 25.2. The number of hydrogen-bond acceptors (Lipinski definition) is 5. The number of alkyl halides is 2. The number of benzene rings is 1. The van der Waals surface area contributed by atoms with Crippen LogP contribution < -0.4 is 15.8 Å². The van der Waals surface area contributed by atoms with E-state index in [-0.39, 0.29) is 18.1 Å². The first-order chi connectivity index (χ1) is 12.3. The van der Waals surface area contributed by atoms with Crippen molar-refractivity contribution in [3.8, 4) is 5.75 Å². The molecule has 140 valence electrons. The zero-order valence-electron chi connectivity index (χ0n) is 14.1. The smallest absolute Gasteiger partial charge is 0.387 e. The maximum atomic E-state index is 12.1. The van der Waals surface area contributed by atoms with Gasteiger partial charge in [-0.05, 0) is 36.2 Å². The molecule has 0 unspecified atom stereocenters. The number of carbonyl (C=O) groups is 2. The Morgan fingerprint density at radius 1 is 1.27 bits per heavy atom. The quantitative estimate of drug-likeness (QED) is 0.697. The lowest BCUT2D eigenvalue weighted by molar-refractivity contribution is -0.116. The average molecular weight is 383 g/mol. The van der Waals surface area contributed by atoms with E-state index in [1.54, 1.807) is 23.6 Å². The molecule has 2 rings (SSSR count). The Morgan fingerprint density at radius 2 is 1.96 bits per heavy atom. The van der Waals surface area contributed by atoms with Crippen LogP contribution in [0, 0.1) is 0 Å². The van der Waals surface area contributed by atoms with Crippen molar-refractivity contribution in [3.05, 3.63) is 46.8 Å². The van der Waals surface area contributed by atoms with Crippen molar-refractivity contribution in [2.75, 3.05) is 18.9 Å². The molecule has 0 bridgehead atoms. The van der Waals surface area contributed by atoms with E-state index in [1.807, 2.05) is 11.9 Å². The van der Waals surface area contributed by atoms with Crippen LogP contribution in [0.5, 0.6) is 5.75 Å². The predicted molar refractivity (Wildman–Crippen MR) is 95.5 cm³/mol. The number of nitrogens with one attached hydrogen (secondary N) is 1. The van der Waals surface area contributed by atoms with E-state index in [4.69, 9.17) is 5.73 Å². The summed E-state index contributed by atoms with van der Waals surface area (Å²) in [7, 11) is 1.84. The van der Waals surface area contributed by atoms with E-state index >= 15 is 0 Å². The monoisotopic (exact) mass is 383 g/mol. The van der Waals surface area contributed by atoms with Gasteiger partial charge in [0.2, 0.25) is 5.91 Å².